The van der Waals surface area contributed by atoms with Crippen LogP contribution in [0.5, 0.6) is 0 Å². The first kappa shape index (κ1) is 14.5. The number of hydrogen-bond donors (Lipinski definition) is 1. The van der Waals surface area contributed by atoms with E-state index in [1.807, 2.05) is 13.0 Å². The first-order chi connectivity index (χ1) is 9.56. The van der Waals surface area contributed by atoms with Gasteiger partial charge in [0.15, 0.2) is 0 Å². The number of aryl methyl sites for hydroxylation is 1. The van der Waals surface area contributed by atoms with Crippen LogP contribution in [0.4, 0.5) is 11.5 Å². The molecule has 0 aliphatic rings. The maximum atomic E-state index is 10.6. The smallest absolute Gasteiger partial charge is 0.269 e. The largest absolute Gasteiger partial charge is 0.369 e. The Morgan fingerprint density at radius 2 is 2.05 bits per heavy atom. The van der Waals surface area contributed by atoms with Crippen LogP contribution in [-0.2, 0) is 6.42 Å². The number of nitro groups is 1. The zero-order valence-electron chi connectivity index (χ0n) is 11.0. The summed E-state index contributed by atoms with van der Waals surface area (Å²) in [6, 6.07) is 8.60. The highest BCUT2D eigenvalue weighted by Crippen LogP contribution is 2.20. The molecule has 20 heavy (non-hydrogen) atoms. The second kappa shape index (κ2) is 6.47. The molecule has 0 unspecified atom stereocenters. The molecular weight excluding hydrogens is 322 g/mol. The van der Waals surface area contributed by atoms with Gasteiger partial charge in [-0.2, -0.15) is 0 Å². The molecule has 0 radical (unpaired) electrons. The van der Waals surface area contributed by atoms with E-state index in [9.17, 15) is 10.1 Å². The van der Waals surface area contributed by atoms with Crippen molar-refractivity contribution >= 4 is 27.4 Å². The highest BCUT2D eigenvalue weighted by atomic mass is 79.9. The van der Waals surface area contributed by atoms with Crippen molar-refractivity contribution in [2.45, 2.75) is 13.3 Å². The van der Waals surface area contributed by atoms with E-state index in [-0.39, 0.29) is 5.69 Å². The Kier molecular flexibility index (Phi) is 4.68. The van der Waals surface area contributed by atoms with Gasteiger partial charge in [-0.1, -0.05) is 12.1 Å². The van der Waals surface area contributed by atoms with Crippen molar-refractivity contribution in [3.05, 3.63) is 62.2 Å². The van der Waals surface area contributed by atoms with E-state index in [2.05, 4.69) is 26.2 Å². The predicted octanol–water partition coefficient (Wildman–Crippen LogP) is 3.72. The number of rotatable bonds is 5. The third-order valence-electron chi connectivity index (χ3n) is 2.83. The molecule has 0 spiro atoms. The topological polar surface area (TPSA) is 68.1 Å². The van der Waals surface area contributed by atoms with Crippen molar-refractivity contribution < 1.29 is 4.92 Å². The fourth-order valence-corrected chi connectivity index (χ4v) is 2.38. The Morgan fingerprint density at radius 1 is 1.35 bits per heavy atom. The molecule has 1 aromatic carbocycles. The molecule has 0 bridgehead atoms. The van der Waals surface area contributed by atoms with E-state index in [1.165, 1.54) is 12.1 Å². The Labute approximate surface area is 125 Å². The molecular formula is C14H14BrN3O2. The highest BCUT2D eigenvalue weighted by molar-refractivity contribution is 9.10. The molecule has 0 atom stereocenters. The zero-order chi connectivity index (χ0) is 14.5. The molecule has 0 saturated carbocycles. The fourth-order valence-electron chi connectivity index (χ4n) is 1.77. The molecule has 2 aromatic rings. The molecule has 1 aromatic heterocycles. The van der Waals surface area contributed by atoms with Gasteiger partial charge in [0.1, 0.15) is 5.82 Å². The van der Waals surface area contributed by atoms with Crippen LogP contribution in [0.25, 0.3) is 0 Å². The lowest BCUT2D eigenvalue weighted by Gasteiger charge is -2.08. The summed E-state index contributed by atoms with van der Waals surface area (Å²) in [5.74, 6) is 0.803. The molecule has 0 amide bonds. The molecule has 6 heteroatoms. The summed E-state index contributed by atoms with van der Waals surface area (Å²) in [6.45, 7) is 2.70. The van der Waals surface area contributed by atoms with Crippen LogP contribution in [0.2, 0.25) is 0 Å². The monoisotopic (exact) mass is 335 g/mol. The minimum Gasteiger partial charge on any atom is -0.369 e. The van der Waals surface area contributed by atoms with E-state index < -0.39 is 4.92 Å². The van der Waals surface area contributed by atoms with Gasteiger partial charge in [-0.15, -0.1) is 0 Å². The van der Waals surface area contributed by atoms with Crippen LogP contribution >= 0.6 is 15.9 Å². The summed E-state index contributed by atoms with van der Waals surface area (Å²) in [6.07, 6.45) is 2.58. The lowest BCUT2D eigenvalue weighted by Crippen LogP contribution is -2.07. The number of nitrogens with zero attached hydrogens (tertiary/aromatic N) is 2. The average molecular weight is 336 g/mol. The van der Waals surface area contributed by atoms with Gasteiger partial charge in [-0.3, -0.25) is 10.1 Å². The number of benzene rings is 1. The maximum Gasteiger partial charge on any atom is 0.269 e. The van der Waals surface area contributed by atoms with Crippen molar-refractivity contribution in [2.24, 2.45) is 0 Å². The Bertz CT molecular complexity index is 614. The number of nitro benzene ring substituents is 1. The van der Waals surface area contributed by atoms with E-state index in [1.54, 1.807) is 18.3 Å². The standard InChI is InChI=1S/C14H14BrN3O2/c1-10-8-13(15)14(17-9-10)16-7-6-11-2-4-12(5-3-11)18(19)20/h2-5,8-9H,6-7H2,1H3,(H,16,17). The minimum atomic E-state index is -0.393. The number of non-ortho nitro benzene ring substituents is 1. The summed E-state index contributed by atoms with van der Waals surface area (Å²) >= 11 is 3.46. The molecule has 0 fully saturated rings. The molecule has 0 aliphatic carbocycles. The molecule has 5 nitrogen and oxygen atoms in total. The second-order valence-electron chi connectivity index (χ2n) is 4.44. The van der Waals surface area contributed by atoms with Gasteiger partial charge >= 0.3 is 0 Å². The van der Waals surface area contributed by atoms with Crippen molar-refractivity contribution in [1.29, 1.82) is 0 Å². The Hall–Kier alpha value is -1.95. The lowest BCUT2D eigenvalue weighted by atomic mass is 10.1. The normalized spacial score (nSPS) is 10.3. The number of nitrogens with one attached hydrogen (secondary N) is 1. The lowest BCUT2D eigenvalue weighted by molar-refractivity contribution is -0.384. The van der Waals surface area contributed by atoms with Crippen LogP contribution in [-0.4, -0.2) is 16.5 Å². The van der Waals surface area contributed by atoms with Crippen molar-refractivity contribution in [2.75, 3.05) is 11.9 Å². The number of aromatic nitrogens is 1. The van der Waals surface area contributed by atoms with Gasteiger partial charge in [0, 0.05) is 24.9 Å². The molecule has 1 N–H and O–H groups in total. The van der Waals surface area contributed by atoms with Gasteiger partial charge in [0.25, 0.3) is 5.69 Å². The highest BCUT2D eigenvalue weighted by Gasteiger charge is 2.04. The van der Waals surface area contributed by atoms with Gasteiger partial charge in [-0.05, 0) is 46.5 Å². The summed E-state index contributed by atoms with van der Waals surface area (Å²) < 4.78 is 0.932. The van der Waals surface area contributed by atoms with Gasteiger partial charge in [0.2, 0.25) is 0 Å². The van der Waals surface area contributed by atoms with E-state index >= 15 is 0 Å². The number of anilines is 1. The van der Waals surface area contributed by atoms with E-state index in [0.29, 0.717) is 6.54 Å². The third kappa shape index (κ3) is 3.77. The zero-order valence-corrected chi connectivity index (χ0v) is 12.6. The molecule has 0 saturated heterocycles. The average Bonchev–Trinajstić information content (AvgIpc) is 2.42. The third-order valence-corrected chi connectivity index (χ3v) is 3.44. The van der Waals surface area contributed by atoms with Crippen LogP contribution in [0.15, 0.2) is 41.0 Å². The Balaban J connectivity index is 1.91. The maximum absolute atomic E-state index is 10.6. The van der Waals surface area contributed by atoms with Crippen LogP contribution in [0.1, 0.15) is 11.1 Å². The summed E-state index contributed by atoms with van der Waals surface area (Å²) in [4.78, 5) is 14.5. The summed E-state index contributed by atoms with van der Waals surface area (Å²) in [7, 11) is 0. The Morgan fingerprint density at radius 3 is 2.65 bits per heavy atom. The van der Waals surface area contributed by atoms with E-state index in [0.717, 1.165) is 27.8 Å². The summed E-state index contributed by atoms with van der Waals surface area (Å²) in [5, 5.41) is 13.8. The molecule has 1 heterocycles. The second-order valence-corrected chi connectivity index (χ2v) is 5.30. The van der Waals surface area contributed by atoms with Crippen molar-refractivity contribution in [1.82, 2.24) is 4.98 Å². The van der Waals surface area contributed by atoms with Gasteiger partial charge < -0.3 is 5.32 Å². The quantitative estimate of drug-likeness (QED) is 0.667. The fraction of sp³-hybridized carbons (Fsp3) is 0.214. The summed E-state index contributed by atoms with van der Waals surface area (Å²) in [5.41, 5.74) is 2.26. The molecule has 0 aliphatic heterocycles. The van der Waals surface area contributed by atoms with Crippen molar-refractivity contribution in [3.8, 4) is 0 Å². The van der Waals surface area contributed by atoms with Crippen LogP contribution in [0.3, 0.4) is 0 Å². The van der Waals surface area contributed by atoms with Gasteiger partial charge in [-0.25, -0.2) is 4.98 Å². The van der Waals surface area contributed by atoms with Crippen molar-refractivity contribution in [3.63, 3.8) is 0 Å². The predicted molar refractivity (Wildman–Crippen MR) is 82.0 cm³/mol. The van der Waals surface area contributed by atoms with Crippen LogP contribution in [0, 0.1) is 17.0 Å². The number of hydrogen-bond acceptors (Lipinski definition) is 4. The van der Waals surface area contributed by atoms with E-state index in [4.69, 9.17) is 0 Å². The SMILES string of the molecule is Cc1cnc(NCCc2ccc([N+](=O)[O-])cc2)c(Br)c1. The minimum absolute atomic E-state index is 0.115. The number of pyridine rings is 1. The molecule has 104 valence electrons. The van der Waals surface area contributed by atoms with Gasteiger partial charge in [0.05, 0.1) is 9.40 Å². The first-order valence-corrected chi connectivity index (χ1v) is 6.95. The number of halogens is 1. The first-order valence-electron chi connectivity index (χ1n) is 6.15. The van der Waals surface area contributed by atoms with Crippen LogP contribution < -0.4 is 5.32 Å². The molecule has 2 rings (SSSR count).